The summed E-state index contributed by atoms with van der Waals surface area (Å²) in [4.78, 5) is 54.8. The fourth-order valence-electron chi connectivity index (χ4n) is 6.95. The number of hydrogen-bond acceptors (Lipinski definition) is 10. The highest BCUT2D eigenvalue weighted by molar-refractivity contribution is 6.24. The first-order valence-electron chi connectivity index (χ1n) is 14.0. The van der Waals surface area contributed by atoms with Crippen LogP contribution in [0.4, 0.5) is 23.7 Å². The molecule has 2 aromatic rings. The summed E-state index contributed by atoms with van der Waals surface area (Å²) in [5.41, 5.74) is -1.12. The zero-order valence-corrected chi connectivity index (χ0v) is 24.8. The van der Waals surface area contributed by atoms with Crippen LogP contribution in [0.3, 0.4) is 0 Å². The van der Waals surface area contributed by atoms with Gasteiger partial charge in [-0.3, -0.25) is 24.6 Å². The maximum atomic E-state index is 14.2. The number of phenols is 1. The SMILES string of the molecule is Cc1ccc(NC(=O)OC2C3C(=C(O)c4c(O)cccc4C3C)C(=O)C3(O)C(O)=C(C(N)=O)C(=O)C(N(C)C)C23)c(C(F)(F)F)c1. The number of hydrogen-bond donors (Lipinski definition) is 6. The average Bonchev–Trinajstić information content (AvgIpc) is 2.94. The van der Waals surface area contributed by atoms with Crippen LogP contribution >= 0.6 is 0 Å². The summed E-state index contributed by atoms with van der Waals surface area (Å²) in [7, 11) is 2.68. The van der Waals surface area contributed by atoms with Gasteiger partial charge in [0.05, 0.1) is 28.8 Å². The minimum Gasteiger partial charge on any atom is -0.508 e. The van der Waals surface area contributed by atoms with Crippen LogP contribution in [-0.4, -0.2) is 80.7 Å². The number of phenolic OH excluding ortho intramolecular Hbond substituents is 1. The molecule has 2 amide bonds. The number of Topliss-reactive ketones (excluding diaryl/α,β-unsaturated/α-hetero) is 2. The predicted molar refractivity (Wildman–Crippen MR) is 154 cm³/mol. The number of fused-ring (bicyclic) bond motifs is 3. The van der Waals surface area contributed by atoms with Crippen LogP contribution in [0.1, 0.15) is 35.1 Å². The normalized spacial score (nSPS) is 27.6. The number of ketones is 2. The quantitative estimate of drug-likeness (QED) is 0.269. The maximum Gasteiger partial charge on any atom is 0.418 e. The first-order valence-corrected chi connectivity index (χ1v) is 14.0. The lowest BCUT2D eigenvalue weighted by atomic mass is 9.54. The van der Waals surface area contributed by atoms with Gasteiger partial charge in [-0.15, -0.1) is 0 Å². The van der Waals surface area contributed by atoms with Gasteiger partial charge in [-0.1, -0.05) is 30.7 Å². The van der Waals surface area contributed by atoms with E-state index in [2.05, 4.69) is 0 Å². The molecule has 0 spiro atoms. The van der Waals surface area contributed by atoms with Crippen molar-refractivity contribution in [1.29, 1.82) is 0 Å². The monoisotopic (exact) mass is 645 g/mol. The summed E-state index contributed by atoms with van der Waals surface area (Å²) >= 11 is 0. The molecule has 1 fully saturated rings. The molecule has 46 heavy (non-hydrogen) atoms. The summed E-state index contributed by atoms with van der Waals surface area (Å²) in [5.74, 6) is -10.9. The molecule has 7 N–H and O–H groups in total. The number of alkyl halides is 3. The molecular formula is C31H30F3N3O9. The Kier molecular flexibility index (Phi) is 7.68. The predicted octanol–water partition coefficient (Wildman–Crippen LogP) is 3.08. The molecular weight excluding hydrogens is 615 g/mol. The van der Waals surface area contributed by atoms with E-state index in [0.29, 0.717) is 0 Å². The Morgan fingerprint density at radius 3 is 2.33 bits per heavy atom. The van der Waals surface area contributed by atoms with Gasteiger partial charge in [-0.25, -0.2) is 4.79 Å². The molecule has 0 aliphatic heterocycles. The van der Waals surface area contributed by atoms with E-state index in [1.165, 1.54) is 50.2 Å². The number of likely N-dealkylation sites (N-methyl/N-ethyl adjacent to an activating group) is 1. The minimum absolute atomic E-state index is 0.191. The number of carbonyl (C=O) groups excluding carboxylic acids is 4. The molecule has 1 saturated carbocycles. The molecule has 3 aliphatic rings. The number of anilines is 1. The van der Waals surface area contributed by atoms with Crippen LogP contribution in [0.5, 0.6) is 5.75 Å². The van der Waals surface area contributed by atoms with Crippen molar-refractivity contribution in [3.05, 3.63) is 75.6 Å². The van der Waals surface area contributed by atoms with Crippen molar-refractivity contribution >= 4 is 35.0 Å². The van der Waals surface area contributed by atoms with Gasteiger partial charge in [0.15, 0.2) is 11.4 Å². The summed E-state index contributed by atoms with van der Waals surface area (Å²) in [5, 5.41) is 47.3. The fourth-order valence-corrected chi connectivity index (χ4v) is 6.95. The van der Waals surface area contributed by atoms with Gasteiger partial charge >= 0.3 is 12.3 Å². The minimum atomic E-state index is -4.88. The zero-order valence-electron chi connectivity index (χ0n) is 24.8. The van der Waals surface area contributed by atoms with Gasteiger partial charge in [-0.2, -0.15) is 13.2 Å². The number of benzene rings is 2. The highest BCUT2D eigenvalue weighted by Gasteiger charge is 2.69. The fraction of sp³-hybridized carbons (Fsp3) is 0.355. The number of aliphatic hydroxyl groups excluding tert-OH is 2. The van der Waals surface area contributed by atoms with E-state index in [9.17, 15) is 52.8 Å². The van der Waals surface area contributed by atoms with Crippen LogP contribution < -0.4 is 11.1 Å². The maximum absolute atomic E-state index is 14.2. The number of nitrogens with zero attached hydrogens (tertiary/aromatic N) is 1. The molecule has 5 rings (SSSR count). The second-order valence-corrected chi connectivity index (χ2v) is 11.8. The lowest BCUT2D eigenvalue weighted by molar-refractivity contribution is -0.169. The summed E-state index contributed by atoms with van der Waals surface area (Å²) in [6.07, 6.45) is -8.19. The number of aliphatic hydroxyl groups is 3. The number of amides is 2. The van der Waals surface area contributed by atoms with Crippen molar-refractivity contribution < 1.29 is 57.5 Å². The first kappa shape index (κ1) is 32.5. The lowest BCUT2D eigenvalue weighted by Crippen LogP contribution is -2.71. The van der Waals surface area contributed by atoms with Crippen LogP contribution in [0, 0.1) is 18.8 Å². The molecule has 0 bridgehead atoms. The number of rotatable bonds is 4. The van der Waals surface area contributed by atoms with Crippen LogP contribution in [0.15, 0.2) is 53.3 Å². The van der Waals surface area contributed by atoms with E-state index in [1.54, 1.807) is 6.92 Å². The van der Waals surface area contributed by atoms with E-state index in [1.807, 2.05) is 5.32 Å². The number of ether oxygens (including phenoxy) is 1. The zero-order chi connectivity index (χ0) is 34.2. The van der Waals surface area contributed by atoms with Crippen molar-refractivity contribution in [2.75, 3.05) is 19.4 Å². The van der Waals surface area contributed by atoms with E-state index in [4.69, 9.17) is 10.5 Å². The molecule has 0 heterocycles. The smallest absolute Gasteiger partial charge is 0.418 e. The Bertz CT molecular complexity index is 1770. The Morgan fingerprint density at radius 1 is 1.09 bits per heavy atom. The third-order valence-corrected chi connectivity index (χ3v) is 8.93. The number of primary amides is 1. The van der Waals surface area contributed by atoms with Gasteiger partial charge in [0, 0.05) is 11.5 Å². The van der Waals surface area contributed by atoms with Gasteiger partial charge < -0.3 is 30.9 Å². The highest BCUT2D eigenvalue weighted by atomic mass is 19.4. The number of aromatic hydroxyl groups is 1. The molecule has 0 radical (unpaired) electrons. The third kappa shape index (κ3) is 4.69. The molecule has 2 aromatic carbocycles. The molecule has 0 saturated heterocycles. The molecule has 6 atom stereocenters. The Labute approximate surface area is 259 Å². The van der Waals surface area contributed by atoms with Crippen molar-refractivity contribution in [3.8, 4) is 5.75 Å². The number of aryl methyl sites for hydroxylation is 1. The first-order chi connectivity index (χ1) is 21.3. The van der Waals surface area contributed by atoms with Gasteiger partial charge in [0.1, 0.15) is 28.9 Å². The molecule has 6 unspecified atom stereocenters. The second-order valence-electron chi connectivity index (χ2n) is 11.8. The summed E-state index contributed by atoms with van der Waals surface area (Å²) in [6, 6.07) is 5.63. The lowest BCUT2D eigenvalue weighted by Gasteiger charge is -2.54. The molecule has 3 aliphatic carbocycles. The highest BCUT2D eigenvalue weighted by Crippen LogP contribution is 2.57. The second kappa shape index (κ2) is 10.9. The average molecular weight is 646 g/mol. The van der Waals surface area contributed by atoms with E-state index in [0.717, 1.165) is 12.1 Å². The van der Waals surface area contributed by atoms with E-state index < -0.39 is 105 Å². The topological polar surface area (TPSA) is 200 Å². The van der Waals surface area contributed by atoms with Crippen LogP contribution in [-0.2, 0) is 25.3 Å². The van der Waals surface area contributed by atoms with Gasteiger partial charge in [0.2, 0.25) is 5.78 Å². The summed E-state index contributed by atoms with van der Waals surface area (Å²) in [6.45, 7) is 2.96. The number of halogens is 3. The van der Waals surface area contributed by atoms with Crippen LogP contribution in [0.25, 0.3) is 5.76 Å². The van der Waals surface area contributed by atoms with Crippen molar-refractivity contribution in [1.82, 2.24) is 4.90 Å². The number of carbonyl (C=O) groups is 4. The largest absolute Gasteiger partial charge is 0.508 e. The number of nitrogens with two attached hydrogens (primary N) is 1. The molecule has 15 heteroatoms. The van der Waals surface area contributed by atoms with Gasteiger partial charge in [0.25, 0.3) is 5.91 Å². The van der Waals surface area contributed by atoms with E-state index in [-0.39, 0.29) is 16.7 Å². The number of nitrogens with one attached hydrogen (secondary N) is 1. The standard InChI is InChI=1S/C31H30F3N3O9/c1-11-8-9-15(14(10-11)31(32,33)34)36-29(44)46-25-17-12(2)13-6-5-7-16(38)18(13)23(39)19(17)26(41)30(45)21(25)22(37(3)4)24(40)20(27(30)42)28(35)43/h5-10,12,17,21-22,25,38-39,42,45H,1-4H3,(H2,35,43)(H,36,44). The van der Waals surface area contributed by atoms with Crippen molar-refractivity contribution in [2.45, 2.75) is 43.7 Å². The van der Waals surface area contributed by atoms with Gasteiger partial charge in [-0.05, 0) is 50.7 Å². The van der Waals surface area contributed by atoms with Crippen molar-refractivity contribution in [3.63, 3.8) is 0 Å². The summed E-state index contributed by atoms with van der Waals surface area (Å²) < 4.78 is 47.2. The molecule has 244 valence electrons. The Morgan fingerprint density at radius 2 is 1.74 bits per heavy atom. The van der Waals surface area contributed by atoms with Crippen LogP contribution in [0.2, 0.25) is 0 Å². The van der Waals surface area contributed by atoms with Crippen molar-refractivity contribution in [2.24, 2.45) is 17.6 Å². The molecule has 0 aromatic heterocycles. The Balaban J connectivity index is 1.75. The Hall–Kier alpha value is -4.89. The third-order valence-electron chi connectivity index (χ3n) is 8.93. The molecule has 12 nitrogen and oxygen atoms in total. The van der Waals surface area contributed by atoms with E-state index >= 15 is 0 Å².